The molecule has 0 heterocycles. The third-order valence-electron chi connectivity index (χ3n) is 3.17. The number of ether oxygens (including phenoxy) is 1. The molecule has 0 radical (unpaired) electrons. The zero-order valence-corrected chi connectivity index (χ0v) is 14.0. The maximum atomic E-state index is 12.5. The van der Waals surface area contributed by atoms with Crippen LogP contribution >= 0.6 is 0 Å². The Kier molecular flexibility index (Phi) is 6.95. The van der Waals surface area contributed by atoms with Crippen molar-refractivity contribution < 1.29 is 32.6 Å². The number of nitrogens with zero attached hydrogens (tertiary/aromatic N) is 1. The van der Waals surface area contributed by atoms with Crippen molar-refractivity contribution in [1.29, 1.82) is 0 Å². The lowest BCUT2D eigenvalue weighted by molar-refractivity contribution is -0.146. The van der Waals surface area contributed by atoms with Crippen molar-refractivity contribution >= 4 is 27.9 Å². The molecule has 1 atom stereocenters. The van der Waals surface area contributed by atoms with Crippen molar-refractivity contribution in [3.63, 3.8) is 0 Å². The van der Waals surface area contributed by atoms with E-state index in [0.717, 1.165) is 19.1 Å². The van der Waals surface area contributed by atoms with Crippen LogP contribution in [0.5, 0.6) is 0 Å². The van der Waals surface area contributed by atoms with Gasteiger partial charge in [0.1, 0.15) is 6.04 Å². The lowest BCUT2D eigenvalue weighted by Crippen LogP contribution is -2.50. The number of carbonyl (C=O) groups is 3. The van der Waals surface area contributed by atoms with Gasteiger partial charge in [0.25, 0.3) is 0 Å². The number of aliphatic carboxylic acids is 1. The molecule has 1 aliphatic rings. The van der Waals surface area contributed by atoms with Gasteiger partial charge in [-0.05, 0) is 19.8 Å². The first-order valence-electron chi connectivity index (χ1n) is 7.29. The SMILES string of the molecule is CCOC(=O)CCN(C(=O)[C@H](CC(=O)O)NS(C)(=O)=O)C1CC1. The summed E-state index contributed by atoms with van der Waals surface area (Å²) in [4.78, 5) is 36.2. The molecule has 1 amide bonds. The molecule has 0 aromatic carbocycles. The van der Waals surface area contributed by atoms with E-state index in [1.165, 1.54) is 4.90 Å². The summed E-state index contributed by atoms with van der Waals surface area (Å²) in [6.45, 7) is 1.97. The fourth-order valence-corrected chi connectivity index (χ4v) is 2.82. The van der Waals surface area contributed by atoms with E-state index in [2.05, 4.69) is 0 Å². The van der Waals surface area contributed by atoms with Gasteiger partial charge in [0, 0.05) is 12.6 Å². The maximum Gasteiger partial charge on any atom is 0.307 e. The molecule has 23 heavy (non-hydrogen) atoms. The zero-order chi connectivity index (χ0) is 17.6. The maximum absolute atomic E-state index is 12.5. The summed E-state index contributed by atoms with van der Waals surface area (Å²) >= 11 is 0. The summed E-state index contributed by atoms with van der Waals surface area (Å²) in [5, 5.41) is 8.87. The molecule has 0 aromatic heterocycles. The molecule has 1 saturated carbocycles. The minimum atomic E-state index is -3.75. The molecule has 1 aliphatic carbocycles. The number of nitrogens with one attached hydrogen (secondary N) is 1. The largest absolute Gasteiger partial charge is 0.481 e. The van der Waals surface area contributed by atoms with Crippen molar-refractivity contribution in [2.75, 3.05) is 19.4 Å². The van der Waals surface area contributed by atoms with E-state index in [1.54, 1.807) is 6.92 Å². The van der Waals surface area contributed by atoms with Gasteiger partial charge < -0.3 is 14.7 Å². The van der Waals surface area contributed by atoms with E-state index >= 15 is 0 Å². The number of carbonyl (C=O) groups excluding carboxylic acids is 2. The van der Waals surface area contributed by atoms with Crippen LogP contribution in [0.1, 0.15) is 32.6 Å². The molecule has 0 aliphatic heterocycles. The number of hydrogen-bond acceptors (Lipinski definition) is 6. The normalized spacial score (nSPS) is 15.7. The van der Waals surface area contributed by atoms with Crippen molar-refractivity contribution in [2.45, 2.75) is 44.7 Å². The second-order valence-corrected chi connectivity index (χ2v) is 7.14. The minimum absolute atomic E-state index is 0.0191. The number of amides is 1. The van der Waals surface area contributed by atoms with E-state index in [1.807, 2.05) is 4.72 Å². The Labute approximate surface area is 135 Å². The topological polar surface area (TPSA) is 130 Å². The van der Waals surface area contributed by atoms with Crippen molar-refractivity contribution in [1.82, 2.24) is 9.62 Å². The van der Waals surface area contributed by atoms with Crippen LogP contribution in [0.2, 0.25) is 0 Å². The van der Waals surface area contributed by atoms with E-state index in [4.69, 9.17) is 9.84 Å². The Bertz CT molecular complexity index is 557. The monoisotopic (exact) mass is 350 g/mol. The smallest absolute Gasteiger partial charge is 0.307 e. The van der Waals surface area contributed by atoms with Crippen LogP contribution in [0.25, 0.3) is 0 Å². The second-order valence-electron chi connectivity index (χ2n) is 5.36. The lowest BCUT2D eigenvalue weighted by Gasteiger charge is -2.26. The summed E-state index contributed by atoms with van der Waals surface area (Å²) < 4.78 is 29.5. The fourth-order valence-electron chi connectivity index (χ4n) is 2.12. The Morgan fingerprint density at radius 3 is 2.39 bits per heavy atom. The number of hydrogen-bond donors (Lipinski definition) is 2. The first-order chi connectivity index (χ1) is 10.6. The van der Waals surface area contributed by atoms with Gasteiger partial charge in [-0.1, -0.05) is 0 Å². The number of carboxylic acids is 1. The Hall–Kier alpha value is -1.68. The average molecular weight is 350 g/mol. The van der Waals surface area contributed by atoms with Crippen LogP contribution in [0.15, 0.2) is 0 Å². The number of esters is 1. The standard InChI is InChI=1S/C13H22N2O7S/c1-3-22-12(18)6-7-15(9-4-5-9)13(19)10(8-11(16)17)14-23(2,20)21/h9-10,14H,3-8H2,1-2H3,(H,16,17)/t10-/m0/s1. The Morgan fingerprint density at radius 2 is 1.96 bits per heavy atom. The van der Waals surface area contributed by atoms with Crippen LogP contribution in [0.3, 0.4) is 0 Å². The van der Waals surface area contributed by atoms with Gasteiger partial charge in [-0.2, -0.15) is 0 Å². The molecule has 1 rings (SSSR count). The molecular weight excluding hydrogens is 328 g/mol. The number of rotatable bonds is 10. The lowest BCUT2D eigenvalue weighted by atomic mass is 10.2. The molecule has 132 valence electrons. The van der Waals surface area contributed by atoms with Gasteiger partial charge in [0.15, 0.2) is 0 Å². The number of carboxylic acid groups (broad SMARTS) is 1. The predicted octanol–water partition coefficient (Wildman–Crippen LogP) is -0.677. The zero-order valence-electron chi connectivity index (χ0n) is 13.1. The van der Waals surface area contributed by atoms with Crippen molar-refractivity contribution in [3.8, 4) is 0 Å². The summed E-state index contributed by atoms with van der Waals surface area (Å²) in [6.07, 6.45) is 1.67. The molecule has 2 N–H and O–H groups in total. The Morgan fingerprint density at radius 1 is 1.35 bits per heavy atom. The molecule has 0 spiro atoms. The first-order valence-corrected chi connectivity index (χ1v) is 9.18. The number of sulfonamides is 1. The van der Waals surface area contributed by atoms with Crippen molar-refractivity contribution in [2.24, 2.45) is 0 Å². The molecule has 0 unspecified atom stereocenters. The predicted molar refractivity (Wildman–Crippen MR) is 80.0 cm³/mol. The highest BCUT2D eigenvalue weighted by molar-refractivity contribution is 7.88. The van der Waals surface area contributed by atoms with Gasteiger partial charge in [0.05, 0.1) is 25.7 Å². The van der Waals surface area contributed by atoms with Gasteiger partial charge in [-0.3, -0.25) is 14.4 Å². The fraction of sp³-hybridized carbons (Fsp3) is 0.769. The Balaban J connectivity index is 2.78. The van der Waals surface area contributed by atoms with E-state index in [0.29, 0.717) is 0 Å². The highest BCUT2D eigenvalue weighted by atomic mass is 32.2. The summed E-state index contributed by atoms with van der Waals surface area (Å²) in [5.41, 5.74) is 0. The van der Waals surface area contributed by atoms with Crippen LogP contribution in [-0.2, 0) is 29.1 Å². The summed E-state index contributed by atoms with van der Waals surface area (Å²) in [5.74, 6) is -2.39. The van der Waals surface area contributed by atoms with Crippen LogP contribution in [0.4, 0.5) is 0 Å². The van der Waals surface area contributed by atoms with Crippen LogP contribution in [0, 0.1) is 0 Å². The molecular formula is C13H22N2O7S. The van der Waals surface area contributed by atoms with Crippen LogP contribution in [-0.4, -0.2) is 67.8 Å². The molecule has 0 bridgehead atoms. The van der Waals surface area contributed by atoms with Gasteiger partial charge in [0.2, 0.25) is 15.9 Å². The van der Waals surface area contributed by atoms with E-state index in [-0.39, 0.29) is 25.6 Å². The van der Waals surface area contributed by atoms with Crippen molar-refractivity contribution in [3.05, 3.63) is 0 Å². The molecule has 9 nitrogen and oxygen atoms in total. The highest BCUT2D eigenvalue weighted by Crippen LogP contribution is 2.28. The summed E-state index contributed by atoms with van der Waals surface area (Å²) in [6, 6.07) is -1.47. The third kappa shape index (κ3) is 7.42. The van der Waals surface area contributed by atoms with E-state index in [9.17, 15) is 22.8 Å². The van der Waals surface area contributed by atoms with E-state index < -0.39 is 40.3 Å². The average Bonchev–Trinajstić information content (AvgIpc) is 3.20. The van der Waals surface area contributed by atoms with Gasteiger partial charge in [-0.15, -0.1) is 0 Å². The highest BCUT2D eigenvalue weighted by Gasteiger charge is 2.37. The molecule has 10 heteroatoms. The summed E-state index contributed by atoms with van der Waals surface area (Å²) in [7, 11) is -3.75. The van der Waals surface area contributed by atoms with Gasteiger partial charge in [-0.25, -0.2) is 13.1 Å². The first kappa shape index (κ1) is 19.4. The molecule has 0 saturated heterocycles. The molecule has 0 aromatic rings. The second kappa shape index (κ2) is 8.25. The van der Waals surface area contributed by atoms with Gasteiger partial charge >= 0.3 is 11.9 Å². The minimum Gasteiger partial charge on any atom is -0.481 e. The van der Waals surface area contributed by atoms with Crippen LogP contribution < -0.4 is 4.72 Å². The third-order valence-corrected chi connectivity index (χ3v) is 3.88. The molecule has 1 fully saturated rings. The quantitative estimate of drug-likeness (QED) is 0.499.